The summed E-state index contributed by atoms with van der Waals surface area (Å²) < 4.78 is 27.6. The minimum atomic E-state index is -0.856. The second-order valence-electron chi connectivity index (χ2n) is 5.40. The maximum Gasteiger partial charge on any atom is 0.164 e. The van der Waals surface area contributed by atoms with Gasteiger partial charge in [0.1, 0.15) is 0 Å². The standard InChI is InChI=1S/C17H19F2N/c1-10(2)12-5-7-13(8-6-12)17(20)14-9-4-11(3)15(18)16(14)19/h4-10,17H,20H2,1-3H3. The number of hydrogen-bond donors (Lipinski definition) is 1. The molecular formula is C17H19F2N. The normalized spacial score (nSPS) is 12.8. The highest BCUT2D eigenvalue weighted by Crippen LogP contribution is 2.26. The zero-order chi connectivity index (χ0) is 14.9. The summed E-state index contributed by atoms with van der Waals surface area (Å²) in [5.41, 5.74) is 8.49. The molecule has 3 heteroatoms. The minimum absolute atomic E-state index is 0.186. The Balaban J connectivity index is 2.36. The lowest BCUT2D eigenvalue weighted by atomic mass is 9.95. The van der Waals surface area contributed by atoms with Gasteiger partial charge in [-0.2, -0.15) is 0 Å². The molecule has 0 amide bonds. The van der Waals surface area contributed by atoms with Gasteiger partial charge in [-0.05, 0) is 29.5 Å². The molecule has 0 spiro atoms. The van der Waals surface area contributed by atoms with Crippen LogP contribution < -0.4 is 5.73 Å². The summed E-state index contributed by atoms with van der Waals surface area (Å²) in [6.07, 6.45) is 0. The van der Waals surface area contributed by atoms with Crippen LogP contribution in [0.15, 0.2) is 36.4 Å². The molecule has 106 valence electrons. The molecule has 0 fully saturated rings. The summed E-state index contributed by atoms with van der Waals surface area (Å²) in [6.45, 7) is 5.74. The van der Waals surface area contributed by atoms with E-state index in [9.17, 15) is 8.78 Å². The molecule has 2 N–H and O–H groups in total. The van der Waals surface area contributed by atoms with E-state index in [1.807, 2.05) is 24.3 Å². The van der Waals surface area contributed by atoms with E-state index in [1.54, 1.807) is 12.1 Å². The van der Waals surface area contributed by atoms with Crippen LogP contribution in [0, 0.1) is 18.6 Å². The molecule has 1 nitrogen and oxygen atoms in total. The smallest absolute Gasteiger partial charge is 0.164 e. The predicted molar refractivity (Wildman–Crippen MR) is 77.7 cm³/mol. The van der Waals surface area contributed by atoms with Crippen LogP contribution in [-0.4, -0.2) is 0 Å². The van der Waals surface area contributed by atoms with Crippen LogP contribution in [0.2, 0.25) is 0 Å². The van der Waals surface area contributed by atoms with E-state index in [0.717, 1.165) is 5.56 Å². The fourth-order valence-corrected chi connectivity index (χ4v) is 2.17. The zero-order valence-electron chi connectivity index (χ0n) is 12.0. The first-order valence-corrected chi connectivity index (χ1v) is 6.71. The molecule has 1 unspecified atom stereocenters. The number of aryl methyl sites for hydroxylation is 1. The van der Waals surface area contributed by atoms with Crippen molar-refractivity contribution in [2.24, 2.45) is 5.73 Å². The maximum atomic E-state index is 14.0. The number of rotatable bonds is 3. The summed E-state index contributed by atoms with van der Waals surface area (Å²) >= 11 is 0. The third-order valence-corrected chi connectivity index (χ3v) is 3.60. The van der Waals surface area contributed by atoms with Crippen molar-refractivity contribution in [1.29, 1.82) is 0 Å². The molecule has 0 radical (unpaired) electrons. The van der Waals surface area contributed by atoms with E-state index < -0.39 is 17.7 Å². The van der Waals surface area contributed by atoms with Gasteiger partial charge in [-0.1, -0.05) is 50.2 Å². The second-order valence-corrected chi connectivity index (χ2v) is 5.40. The van der Waals surface area contributed by atoms with Gasteiger partial charge in [0, 0.05) is 5.56 Å². The molecule has 0 aliphatic carbocycles. The fraction of sp³-hybridized carbons (Fsp3) is 0.294. The lowest BCUT2D eigenvalue weighted by Gasteiger charge is -2.15. The van der Waals surface area contributed by atoms with Gasteiger partial charge < -0.3 is 5.73 Å². The quantitative estimate of drug-likeness (QED) is 0.880. The molecular weight excluding hydrogens is 256 g/mol. The van der Waals surface area contributed by atoms with Crippen molar-refractivity contribution in [3.8, 4) is 0 Å². The van der Waals surface area contributed by atoms with Crippen LogP contribution in [0.4, 0.5) is 8.78 Å². The van der Waals surface area contributed by atoms with Crippen LogP contribution in [-0.2, 0) is 0 Å². The molecule has 0 aromatic heterocycles. The van der Waals surface area contributed by atoms with Crippen LogP contribution in [0.25, 0.3) is 0 Å². The Morgan fingerprint density at radius 1 is 0.850 bits per heavy atom. The van der Waals surface area contributed by atoms with Crippen molar-refractivity contribution in [3.63, 3.8) is 0 Å². The van der Waals surface area contributed by atoms with Crippen molar-refractivity contribution in [2.75, 3.05) is 0 Å². The molecule has 0 saturated heterocycles. The maximum absolute atomic E-state index is 14.0. The van der Waals surface area contributed by atoms with Gasteiger partial charge in [-0.3, -0.25) is 0 Å². The topological polar surface area (TPSA) is 26.0 Å². The van der Waals surface area contributed by atoms with Crippen LogP contribution >= 0.6 is 0 Å². The molecule has 1 atom stereocenters. The van der Waals surface area contributed by atoms with Crippen LogP contribution in [0.5, 0.6) is 0 Å². The first-order chi connectivity index (χ1) is 9.41. The number of halogens is 2. The van der Waals surface area contributed by atoms with Gasteiger partial charge in [-0.25, -0.2) is 8.78 Å². The summed E-state index contributed by atoms with van der Waals surface area (Å²) in [5, 5.41) is 0. The summed E-state index contributed by atoms with van der Waals surface area (Å²) in [6, 6.07) is 10.1. The molecule has 2 rings (SSSR count). The van der Waals surface area contributed by atoms with Crippen LogP contribution in [0.3, 0.4) is 0 Å². The molecule has 0 saturated carbocycles. The molecule has 2 aromatic rings. The highest BCUT2D eigenvalue weighted by molar-refractivity contribution is 5.36. The Hall–Kier alpha value is -1.74. The van der Waals surface area contributed by atoms with Gasteiger partial charge in [-0.15, -0.1) is 0 Å². The summed E-state index contributed by atoms with van der Waals surface area (Å²) in [7, 11) is 0. The Morgan fingerprint density at radius 2 is 1.40 bits per heavy atom. The third-order valence-electron chi connectivity index (χ3n) is 3.60. The lowest BCUT2D eigenvalue weighted by Crippen LogP contribution is -2.15. The van der Waals surface area contributed by atoms with Gasteiger partial charge in [0.05, 0.1) is 6.04 Å². The van der Waals surface area contributed by atoms with E-state index in [2.05, 4.69) is 13.8 Å². The highest BCUT2D eigenvalue weighted by atomic mass is 19.2. The second kappa shape index (κ2) is 5.71. The fourth-order valence-electron chi connectivity index (χ4n) is 2.17. The van der Waals surface area contributed by atoms with Crippen molar-refractivity contribution in [3.05, 3.63) is 70.3 Å². The Morgan fingerprint density at radius 3 is 1.95 bits per heavy atom. The third kappa shape index (κ3) is 2.73. The Labute approximate surface area is 118 Å². The minimum Gasteiger partial charge on any atom is -0.320 e. The molecule has 20 heavy (non-hydrogen) atoms. The van der Waals surface area contributed by atoms with E-state index in [1.165, 1.54) is 12.5 Å². The lowest BCUT2D eigenvalue weighted by molar-refractivity contribution is 0.489. The van der Waals surface area contributed by atoms with Gasteiger partial charge >= 0.3 is 0 Å². The summed E-state index contributed by atoms with van der Waals surface area (Å²) in [5.74, 6) is -1.25. The number of benzene rings is 2. The molecule has 0 heterocycles. The van der Waals surface area contributed by atoms with Crippen molar-refractivity contribution < 1.29 is 8.78 Å². The largest absolute Gasteiger partial charge is 0.320 e. The number of nitrogens with two attached hydrogens (primary N) is 1. The first-order valence-electron chi connectivity index (χ1n) is 6.71. The Bertz CT molecular complexity index is 603. The monoisotopic (exact) mass is 275 g/mol. The van der Waals surface area contributed by atoms with Crippen molar-refractivity contribution >= 4 is 0 Å². The Kier molecular flexibility index (Phi) is 4.19. The number of hydrogen-bond acceptors (Lipinski definition) is 1. The average Bonchev–Trinajstić information content (AvgIpc) is 2.44. The van der Waals surface area contributed by atoms with E-state index in [-0.39, 0.29) is 11.1 Å². The SMILES string of the molecule is Cc1ccc(C(N)c2ccc(C(C)C)cc2)c(F)c1F. The molecule has 2 aromatic carbocycles. The first kappa shape index (κ1) is 14.7. The van der Waals surface area contributed by atoms with Gasteiger partial charge in [0.2, 0.25) is 0 Å². The van der Waals surface area contributed by atoms with E-state index in [0.29, 0.717) is 5.92 Å². The van der Waals surface area contributed by atoms with E-state index in [4.69, 9.17) is 5.73 Å². The van der Waals surface area contributed by atoms with Crippen molar-refractivity contribution in [2.45, 2.75) is 32.7 Å². The highest BCUT2D eigenvalue weighted by Gasteiger charge is 2.18. The summed E-state index contributed by atoms with van der Waals surface area (Å²) in [4.78, 5) is 0. The molecule has 0 aliphatic heterocycles. The van der Waals surface area contributed by atoms with Gasteiger partial charge in [0.15, 0.2) is 11.6 Å². The average molecular weight is 275 g/mol. The zero-order valence-corrected chi connectivity index (χ0v) is 12.0. The molecule has 0 bridgehead atoms. The van der Waals surface area contributed by atoms with E-state index >= 15 is 0 Å². The predicted octanol–water partition coefficient (Wildman–Crippen LogP) is 4.44. The van der Waals surface area contributed by atoms with Crippen LogP contribution in [0.1, 0.15) is 48.1 Å². The van der Waals surface area contributed by atoms with Gasteiger partial charge in [0.25, 0.3) is 0 Å². The molecule has 0 aliphatic rings. The van der Waals surface area contributed by atoms with Crippen molar-refractivity contribution in [1.82, 2.24) is 0 Å².